The van der Waals surface area contributed by atoms with Gasteiger partial charge >= 0.3 is 0 Å². The lowest BCUT2D eigenvalue weighted by Gasteiger charge is -2.33. The van der Waals surface area contributed by atoms with Crippen molar-refractivity contribution in [3.8, 4) is 0 Å². The summed E-state index contributed by atoms with van der Waals surface area (Å²) >= 11 is 0. The molecule has 3 aliphatic rings. The smallest absolute Gasteiger partial charge is 0.258 e. The van der Waals surface area contributed by atoms with Gasteiger partial charge < -0.3 is 14.5 Å². The lowest BCUT2D eigenvalue weighted by atomic mass is 10.1. The molecular formula is C21H24F2N8O. The third-order valence-electron chi connectivity index (χ3n) is 6.86. The molecule has 3 aromatic rings. The van der Waals surface area contributed by atoms with Crippen LogP contribution in [0, 0.1) is 25.7 Å². The lowest BCUT2D eigenvalue weighted by Crippen LogP contribution is -2.39. The topological polar surface area (TPSA) is 85.1 Å². The number of rotatable bonds is 3. The van der Waals surface area contributed by atoms with Gasteiger partial charge in [-0.2, -0.15) is 15.1 Å². The Balaban J connectivity index is 1.37. The number of halogens is 2. The molecule has 3 fully saturated rings. The van der Waals surface area contributed by atoms with Gasteiger partial charge in [0.25, 0.3) is 5.92 Å². The molecule has 6 rings (SSSR count). The van der Waals surface area contributed by atoms with E-state index in [1.54, 1.807) is 10.9 Å². The van der Waals surface area contributed by atoms with Gasteiger partial charge in [0.2, 0.25) is 5.95 Å². The quantitative estimate of drug-likeness (QED) is 0.609. The number of aromatic nitrogens is 6. The fourth-order valence-corrected chi connectivity index (χ4v) is 4.77. The molecule has 11 heteroatoms. The second-order valence-electron chi connectivity index (χ2n) is 8.96. The molecule has 3 atom stereocenters. The number of morpholine rings is 1. The Kier molecular flexibility index (Phi) is 4.17. The lowest BCUT2D eigenvalue weighted by molar-refractivity contribution is 0.0392. The van der Waals surface area contributed by atoms with Crippen LogP contribution in [0.25, 0.3) is 11.2 Å². The second-order valence-corrected chi connectivity index (χ2v) is 8.96. The van der Waals surface area contributed by atoms with Crippen LogP contribution in [-0.4, -0.2) is 68.4 Å². The maximum atomic E-state index is 13.8. The molecule has 3 unspecified atom stereocenters. The SMILES string of the molecule is Cc1nc2nc(N3CCOC(c4cnn(C)c4)C3)nc(N3CC4C(C3)C4(F)F)c2nc1C. The summed E-state index contributed by atoms with van der Waals surface area (Å²) in [5.41, 5.74) is 3.63. The third kappa shape index (κ3) is 3.01. The Morgan fingerprint density at radius 1 is 1.00 bits per heavy atom. The first-order valence-electron chi connectivity index (χ1n) is 10.8. The molecule has 0 bridgehead atoms. The van der Waals surface area contributed by atoms with Crippen LogP contribution < -0.4 is 9.80 Å². The van der Waals surface area contributed by atoms with Crippen molar-refractivity contribution in [2.75, 3.05) is 42.6 Å². The van der Waals surface area contributed by atoms with Crippen LogP contribution in [0.1, 0.15) is 23.1 Å². The Labute approximate surface area is 183 Å². The molecule has 1 saturated carbocycles. The molecule has 2 aliphatic heterocycles. The van der Waals surface area contributed by atoms with Gasteiger partial charge in [-0.05, 0) is 13.8 Å². The number of nitrogens with zero attached hydrogens (tertiary/aromatic N) is 8. The molecule has 0 amide bonds. The van der Waals surface area contributed by atoms with Crippen molar-refractivity contribution < 1.29 is 13.5 Å². The maximum absolute atomic E-state index is 13.8. The first-order chi connectivity index (χ1) is 15.3. The van der Waals surface area contributed by atoms with Gasteiger partial charge in [0.15, 0.2) is 17.0 Å². The van der Waals surface area contributed by atoms with E-state index in [-0.39, 0.29) is 19.2 Å². The molecule has 1 aliphatic carbocycles. The van der Waals surface area contributed by atoms with Crippen LogP contribution in [-0.2, 0) is 11.8 Å². The number of hydrogen-bond acceptors (Lipinski definition) is 8. The minimum atomic E-state index is -2.55. The molecule has 0 spiro atoms. The van der Waals surface area contributed by atoms with Crippen molar-refractivity contribution in [1.29, 1.82) is 0 Å². The van der Waals surface area contributed by atoms with Crippen LogP contribution in [0.3, 0.4) is 0 Å². The molecule has 3 aromatic heterocycles. The Hall–Kier alpha value is -2.95. The highest BCUT2D eigenvalue weighted by atomic mass is 19.3. The van der Waals surface area contributed by atoms with E-state index in [9.17, 15) is 8.78 Å². The number of hydrogen-bond donors (Lipinski definition) is 0. The van der Waals surface area contributed by atoms with Crippen LogP contribution in [0.4, 0.5) is 20.5 Å². The Bertz CT molecular complexity index is 1200. The summed E-state index contributed by atoms with van der Waals surface area (Å²) < 4.78 is 35.3. The minimum absolute atomic E-state index is 0.149. The van der Waals surface area contributed by atoms with Crippen molar-refractivity contribution in [3.05, 3.63) is 29.3 Å². The molecule has 168 valence electrons. The molecule has 0 aromatic carbocycles. The van der Waals surface area contributed by atoms with Gasteiger partial charge in [-0.1, -0.05) is 0 Å². The predicted molar refractivity (Wildman–Crippen MR) is 113 cm³/mol. The number of anilines is 2. The fourth-order valence-electron chi connectivity index (χ4n) is 4.77. The molecule has 2 saturated heterocycles. The van der Waals surface area contributed by atoms with E-state index in [4.69, 9.17) is 14.7 Å². The maximum Gasteiger partial charge on any atom is 0.258 e. The summed E-state index contributed by atoms with van der Waals surface area (Å²) in [5, 5.41) is 4.24. The van der Waals surface area contributed by atoms with Crippen molar-refractivity contribution >= 4 is 22.9 Å². The van der Waals surface area contributed by atoms with E-state index < -0.39 is 17.8 Å². The first-order valence-corrected chi connectivity index (χ1v) is 10.8. The number of aryl methyl sites for hydroxylation is 3. The minimum Gasteiger partial charge on any atom is -0.370 e. The van der Waals surface area contributed by atoms with E-state index in [0.717, 1.165) is 17.0 Å². The summed E-state index contributed by atoms with van der Waals surface area (Å²) in [6.45, 7) is 6.05. The Morgan fingerprint density at radius 2 is 1.75 bits per heavy atom. The van der Waals surface area contributed by atoms with Crippen LogP contribution in [0.2, 0.25) is 0 Å². The molecular weight excluding hydrogens is 418 g/mol. The van der Waals surface area contributed by atoms with Gasteiger partial charge in [-0.3, -0.25) is 4.68 Å². The van der Waals surface area contributed by atoms with Gasteiger partial charge in [-0.15, -0.1) is 0 Å². The molecule has 9 nitrogen and oxygen atoms in total. The monoisotopic (exact) mass is 442 g/mol. The zero-order valence-electron chi connectivity index (χ0n) is 18.2. The fraction of sp³-hybridized carbons (Fsp3) is 0.571. The summed E-state index contributed by atoms with van der Waals surface area (Å²) in [6, 6.07) is 0. The normalized spacial score (nSPS) is 26.6. The molecule has 0 N–H and O–H groups in total. The van der Waals surface area contributed by atoms with E-state index in [2.05, 4.69) is 20.0 Å². The highest BCUT2D eigenvalue weighted by Gasteiger charge is 2.72. The first kappa shape index (κ1) is 19.7. The van der Waals surface area contributed by atoms with Gasteiger partial charge in [0.05, 0.1) is 42.6 Å². The third-order valence-corrected chi connectivity index (χ3v) is 6.86. The zero-order chi connectivity index (χ0) is 22.2. The van der Waals surface area contributed by atoms with Crippen LogP contribution in [0.5, 0.6) is 0 Å². The average Bonchev–Trinajstić information content (AvgIpc) is 3.20. The number of fused-ring (bicyclic) bond motifs is 2. The molecule has 5 heterocycles. The van der Waals surface area contributed by atoms with Crippen molar-refractivity contribution in [3.63, 3.8) is 0 Å². The largest absolute Gasteiger partial charge is 0.370 e. The second kappa shape index (κ2) is 6.77. The van der Waals surface area contributed by atoms with Crippen molar-refractivity contribution in [1.82, 2.24) is 29.7 Å². The van der Waals surface area contributed by atoms with E-state index in [0.29, 0.717) is 42.6 Å². The zero-order valence-corrected chi connectivity index (χ0v) is 18.2. The van der Waals surface area contributed by atoms with Crippen molar-refractivity contribution in [2.24, 2.45) is 18.9 Å². The van der Waals surface area contributed by atoms with Gasteiger partial charge in [0, 0.05) is 38.4 Å². The van der Waals surface area contributed by atoms with Crippen LogP contribution in [0.15, 0.2) is 12.4 Å². The molecule has 32 heavy (non-hydrogen) atoms. The summed E-state index contributed by atoms with van der Waals surface area (Å²) in [7, 11) is 1.87. The van der Waals surface area contributed by atoms with E-state index in [1.807, 2.05) is 32.0 Å². The number of ether oxygens (including phenoxy) is 1. The highest BCUT2D eigenvalue weighted by Crippen LogP contribution is 2.59. The number of alkyl halides is 2. The number of piperidine rings is 1. The van der Waals surface area contributed by atoms with Crippen LogP contribution >= 0.6 is 0 Å². The summed E-state index contributed by atoms with van der Waals surface area (Å²) in [5.74, 6) is -2.65. The van der Waals surface area contributed by atoms with Crippen molar-refractivity contribution in [2.45, 2.75) is 25.9 Å². The predicted octanol–water partition coefficient (Wildman–Crippen LogP) is 2.05. The molecule has 0 radical (unpaired) electrons. The average molecular weight is 442 g/mol. The standard InChI is InChI=1S/C21H24F2N8O/c1-11-12(2)26-18-17(25-11)19(31-8-14-15(9-31)21(14,22)23)28-20(27-18)30-4-5-32-16(10-30)13-6-24-29(3)7-13/h6-7,14-16H,4-5,8-10H2,1-3H3. The van der Waals surface area contributed by atoms with E-state index in [1.165, 1.54) is 0 Å². The summed E-state index contributed by atoms with van der Waals surface area (Å²) in [4.78, 5) is 22.8. The Morgan fingerprint density at radius 3 is 2.47 bits per heavy atom. The van der Waals surface area contributed by atoms with E-state index >= 15 is 0 Å². The van der Waals surface area contributed by atoms with Gasteiger partial charge in [0.1, 0.15) is 6.10 Å². The summed E-state index contributed by atoms with van der Waals surface area (Å²) in [6.07, 6.45) is 3.59. The van der Waals surface area contributed by atoms with Gasteiger partial charge in [-0.25, -0.2) is 18.7 Å². The highest BCUT2D eigenvalue weighted by molar-refractivity contribution is 5.85.